The van der Waals surface area contributed by atoms with Crippen LogP contribution in [0.4, 0.5) is 4.39 Å². The lowest BCUT2D eigenvalue weighted by molar-refractivity contribution is 0.441. The summed E-state index contributed by atoms with van der Waals surface area (Å²) in [6.07, 6.45) is 0.324. The van der Waals surface area contributed by atoms with E-state index in [1.165, 1.54) is 0 Å². The summed E-state index contributed by atoms with van der Waals surface area (Å²) in [4.78, 5) is 0. The molecule has 72 valence electrons. The first kappa shape index (κ1) is 10.5. The fourth-order valence-electron chi connectivity index (χ4n) is 1.38. The zero-order valence-corrected chi connectivity index (χ0v) is 8.31. The number of benzene rings is 1. The van der Waals surface area contributed by atoms with Crippen LogP contribution >= 0.6 is 11.6 Å². The van der Waals surface area contributed by atoms with Crippen LogP contribution in [0.25, 0.3) is 0 Å². The van der Waals surface area contributed by atoms with Gasteiger partial charge in [-0.25, -0.2) is 0 Å². The molecule has 0 aliphatic heterocycles. The first-order valence-corrected chi connectivity index (χ1v) is 4.61. The maximum absolute atomic E-state index is 12.1. The van der Waals surface area contributed by atoms with Gasteiger partial charge < -0.3 is 5.73 Å². The highest BCUT2D eigenvalue weighted by atomic mass is 35.5. The van der Waals surface area contributed by atoms with E-state index < -0.39 is 6.67 Å². The van der Waals surface area contributed by atoms with Gasteiger partial charge in [0.1, 0.15) is 0 Å². The Morgan fingerprint density at radius 1 is 1.54 bits per heavy atom. The first-order chi connectivity index (χ1) is 6.16. The van der Waals surface area contributed by atoms with Crippen LogP contribution in [-0.4, -0.2) is 6.67 Å². The zero-order chi connectivity index (χ0) is 9.84. The molecular formula is C10H13ClFN. The molecule has 0 unspecified atom stereocenters. The number of rotatable bonds is 3. The Hall–Kier alpha value is -0.600. The Morgan fingerprint density at radius 2 is 2.23 bits per heavy atom. The van der Waals surface area contributed by atoms with Crippen molar-refractivity contribution in [3.63, 3.8) is 0 Å². The Morgan fingerprint density at radius 3 is 2.77 bits per heavy atom. The van der Waals surface area contributed by atoms with Crippen molar-refractivity contribution in [3.8, 4) is 0 Å². The van der Waals surface area contributed by atoms with Crippen molar-refractivity contribution in [1.82, 2.24) is 0 Å². The van der Waals surface area contributed by atoms with Crippen LogP contribution in [0, 0.1) is 6.92 Å². The van der Waals surface area contributed by atoms with E-state index >= 15 is 0 Å². The molecule has 2 N–H and O–H groups in total. The van der Waals surface area contributed by atoms with Crippen molar-refractivity contribution in [2.75, 3.05) is 6.67 Å². The van der Waals surface area contributed by atoms with Gasteiger partial charge in [0.2, 0.25) is 0 Å². The van der Waals surface area contributed by atoms with Crippen molar-refractivity contribution in [1.29, 1.82) is 0 Å². The summed E-state index contributed by atoms with van der Waals surface area (Å²) in [5, 5.41) is 0.626. The van der Waals surface area contributed by atoms with E-state index in [-0.39, 0.29) is 6.04 Å². The van der Waals surface area contributed by atoms with Crippen LogP contribution in [0.5, 0.6) is 0 Å². The number of alkyl halides is 1. The molecule has 0 bridgehead atoms. The third-order valence-electron chi connectivity index (χ3n) is 2.06. The third kappa shape index (κ3) is 2.42. The number of hydrogen-bond acceptors (Lipinski definition) is 1. The molecule has 0 aliphatic carbocycles. The number of halogens is 2. The topological polar surface area (TPSA) is 26.0 Å². The van der Waals surface area contributed by atoms with E-state index in [9.17, 15) is 4.39 Å². The molecule has 0 aromatic heterocycles. The molecule has 1 nitrogen and oxygen atoms in total. The van der Waals surface area contributed by atoms with Crippen LogP contribution < -0.4 is 5.73 Å². The van der Waals surface area contributed by atoms with E-state index in [2.05, 4.69) is 0 Å². The van der Waals surface area contributed by atoms with Gasteiger partial charge in [0.25, 0.3) is 0 Å². The predicted octanol–water partition coefficient (Wildman–Crippen LogP) is 3.01. The molecule has 0 saturated carbocycles. The summed E-state index contributed by atoms with van der Waals surface area (Å²) in [6, 6.07) is 5.28. The van der Waals surface area contributed by atoms with Gasteiger partial charge in [-0.2, -0.15) is 0 Å². The van der Waals surface area contributed by atoms with E-state index in [0.29, 0.717) is 11.4 Å². The fourth-order valence-corrected chi connectivity index (χ4v) is 1.74. The Labute approximate surface area is 82.7 Å². The van der Waals surface area contributed by atoms with Gasteiger partial charge in [-0.1, -0.05) is 23.7 Å². The molecule has 0 aliphatic rings. The van der Waals surface area contributed by atoms with Crippen molar-refractivity contribution >= 4 is 11.6 Å². The van der Waals surface area contributed by atoms with E-state index in [4.69, 9.17) is 17.3 Å². The minimum Gasteiger partial charge on any atom is -0.324 e. The van der Waals surface area contributed by atoms with Crippen molar-refractivity contribution in [2.45, 2.75) is 19.4 Å². The molecule has 0 amide bonds. The standard InChI is InChI=1S/C10H13ClFN/c1-7-3-2-4-8(11)10(7)9(13)5-6-12/h2-4,9H,5-6,13H2,1H3/t9-/m0/s1. The Bertz CT molecular complexity index is 268. The average molecular weight is 202 g/mol. The Balaban J connectivity index is 2.98. The lowest BCUT2D eigenvalue weighted by Crippen LogP contribution is -2.12. The smallest absolute Gasteiger partial charge is 0.0912 e. The molecule has 13 heavy (non-hydrogen) atoms. The van der Waals surface area contributed by atoms with Gasteiger partial charge in [0.15, 0.2) is 0 Å². The second-order valence-corrected chi connectivity index (χ2v) is 3.46. The van der Waals surface area contributed by atoms with Crippen LogP contribution in [0.3, 0.4) is 0 Å². The number of nitrogens with two attached hydrogens (primary N) is 1. The maximum Gasteiger partial charge on any atom is 0.0912 e. The molecule has 0 radical (unpaired) electrons. The fraction of sp³-hybridized carbons (Fsp3) is 0.400. The lowest BCUT2D eigenvalue weighted by atomic mass is 10.00. The average Bonchev–Trinajstić information content (AvgIpc) is 2.04. The Kier molecular flexibility index (Phi) is 3.70. The summed E-state index contributed by atoms with van der Waals surface area (Å²) < 4.78 is 12.1. The summed E-state index contributed by atoms with van der Waals surface area (Å²) in [7, 11) is 0. The predicted molar refractivity (Wildman–Crippen MR) is 53.7 cm³/mol. The summed E-state index contributed by atoms with van der Waals surface area (Å²) in [5.41, 5.74) is 7.67. The normalized spacial score (nSPS) is 12.9. The number of hydrogen-bond donors (Lipinski definition) is 1. The molecule has 1 rings (SSSR count). The van der Waals surface area contributed by atoms with Gasteiger partial charge in [0, 0.05) is 11.1 Å². The highest BCUT2D eigenvalue weighted by molar-refractivity contribution is 6.31. The molecule has 0 saturated heterocycles. The maximum atomic E-state index is 12.1. The molecule has 0 spiro atoms. The first-order valence-electron chi connectivity index (χ1n) is 4.23. The van der Waals surface area contributed by atoms with Gasteiger partial charge in [-0.3, -0.25) is 4.39 Å². The third-order valence-corrected chi connectivity index (χ3v) is 2.39. The van der Waals surface area contributed by atoms with Crippen molar-refractivity contribution in [2.24, 2.45) is 5.73 Å². The highest BCUT2D eigenvalue weighted by Gasteiger charge is 2.11. The van der Waals surface area contributed by atoms with E-state index in [1.807, 2.05) is 19.1 Å². The second-order valence-electron chi connectivity index (χ2n) is 3.05. The molecule has 3 heteroatoms. The monoisotopic (exact) mass is 201 g/mol. The molecule has 0 fully saturated rings. The summed E-state index contributed by atoms with van der Waals surface area (Å²) in [6.45, 7) is 1.52. The van der Waals surface area contributed by atoms with E-state index in [0.717, 1.165) is 11.1 Å². The van der Waals surface area contributed by atoms with Crippen molar-refractivity contribution in [3.05, 3.63) is 34.3 Å². The minimum atomic E-state index is -0.411. The summed E-state index contributed by atoms with van der Waals surface area (Å²) >= 11 is 5.96. The molecular weight excluding hydrogens is 189 g/mol. The summed E-state index contributed by atoms with van der Waals surface area (Å²) in [5.74, 6) is 0. The minimum absolute atomic E-state index is 0.293. The molecule has 1 aromatic rings. The zero-order valence-electron chi connectivity index (χ0n) is 7.56. The highest BCUT2D eigenvalue weighted by Crippen LogP contribution is 2.26. The lowest BCUT2D eigenvalue weighted by Gasteiger charge is -2.14. The van der Waals surface area contributed by atoms with Gasteiger partial charge in [0.05, 0.1) is 6.67 Å². The molecule has 1 atom stereocenters. The van der Waals surface area contributed by atoms with E-state index in [1.54, 1.807) is 6.07 Å². The SMILES string of the molecule is Cc1cccc(Cl)c1[C@@H](N)CCF. The molecule has 0 heterocycles. The van der Waals surface area contributed by atoms with Crippen LogP contribution in [-0.2, 0) is 0 Å². The largest absolute Gasteiger partial charge is 0.324 e. The van der Waals surface area contributed by atoms with Gasteiger partial charge in [-0.15, -0.1) is 0 Å². The van der Waals surface area contributed by atoms with Crippen molar-refractivity contribution < 1.29 is 4.39 Å². The quantitative estimate of drug-likeness (QED) is 0.800. The number of aryl methyl sites for hydroxylation is 1. The van der Waals surface area contributed by atoms with Crippen LogP contribution in [0.15, 0.2) is 18.2 Å². The van der Waals surface area contributed by atoms with Gasteiger partial charge >= 0.3 is 0 Å². The molecule has 1 aromatic carbocycles. The van der Waals surface area contributed by atoms with Crippen LogP contribution in [0.1, 0.15) is 23.6 Å². The van der Waals surface area contributed by atoms with Crippen LogP contribution in [0.2, 0.25) is 5.02 Å². The van der Waals surface area contributed by atoms with Gasteiger partial charge in [-0.05, 0) is 30.5 Å². The second kappa shape index (κ2) is 4.58.